The number of nitrogens with zero attached hydrogens (tertiary/aromatic N) is 1. The molecule has 3 rings (SSSR count). The first-order valence-corrected chi connectivity index (χ1v) is 53.0. The maximum absolute atomic E-state index is 10.5. The molecular weight excluding hydrogens is 1140 g/mol. The fourth-order valence-corrected chi connectivity index (χ4v) is 255. The van der Waals surface area contributed by atoms with E-state index in [1.807, 2.05) is 12.1 Å². The van der Waals surface area contributed by atoms with Crippen molar-refractivity contribution in [3.63, 3.8) is 0 Å². The predicted octanol–water partition coefficient (Wildman–Crippen LogP) is 14.2. The van der Waals surface area contributed by atoms with Gasteiger partial charge < -0.3 is 26.3 Å². The summed E-state index contributed by atoms with van der Waals surface area (Å²) in [5.74, 6) is 0.703. The highest BCUT2D eigenvalue weighted by Gasteiger charge is 2.42. The van der Waals surface area contributed by atoms with Crippen molar-refractivity contribution in [1.29, 1.82) is 5.41 Å². The molecule has 1 aliphatic rings. The fourth-order valence-electron chi connectivity index (χ4n) is 3.22. The Balaban J connectivity index is 0.000000749. The van der Waals surface area contributed by atoms with E-state index in [4.69, 9.17) is 31.7 Å². The second kappa shape index (κ2) is 35.1. The van der Waals surface area contributed by atoms with Gasteiger partial charge in [0.2, 0.25) is 0 Å². The van der Waals surface area contributed by atoms with Gasteiger partial charge in [-0.05, 0) is 133 Å². The van der Waals surface area contributed by atoms with Crippen molar-refractivity contribution in [1.82, 2.24) is 0 Å². The van der Waals surface area contributed by atoms with Crippen LogP contribution in [0.5, 0.6) is 5.75 Å². The Morgan fingerprint density at radius 1 is 0.889 bits per heavy atom. The molecule has 54 heavy (non-hydrogen) atoms. The number of carbonyl (C=O) groups excluding carboxylic acids is 1. The van der Waals surface area contributed by atoms with Crippen LogP contribution in [-0.4, -0.2) is 47.4 Å². The lowest BCUT2D eigenvalue weighted by Gasteiger charge is -2.46. The summed E-state index contributed by atoms with van der Waals surface area (Å²) < 4.78 is 5.18. The Kier molecular flexibility index (Phi) is 38.9. The van der Waals surface area contributed by atoms with Gasteiger partial charge in [-0.15, -0.1) is 98.2 Å². The molecule has 1 fully saturated rings. The van der Waals surface area contributed by atoms with E-state index < -0.39 is 7.12 Å². The normalized spacial score (nSPS) is 13.9. The predicted molar refractivity (Wildman–Crippen MR) is 316 cm³/mol. The van der Waals surface area contributed by atoms with Gasteiger partial charge in [0.25, 0.3) is 0 Å². The molecule has 31 heteroatoms. The first kappa shape index (κ1) is 59.8. The third-order valence-electron chi connectivity index (χ3n) is 5.78. The first-order chi connectivity index (χ1) is 25.4. The Morgan fingerprint density at radius 3 is 1.67 bits per heavy atom. The summed E-state index contributed by atoms with van der Waals surface area (Å²) in [6.07, 6.45) is 9.51. The third-order valence-corrected chi connectivity index (χ3v) is 138. The Hall–Kier alpha value is 5.82. The number of allylic oxidation sites excluding steroid dienone is 2. The van der Waals surface area contributed by atoms with Gasteiger partial charge in [0.05, 0.1) is 17.8 Å². The third kappa shape index (κ3) is 26.6. The summed E-state index contributed by atoms with van der Waals surface area (Å²) in [4.78, 5) is 14.8. The van der Waals surface area contributed by atoms with Crippen LogP contribution in [0.3, 0.4) is 0 Å². The smallest absolute Gasteiger partial charge is 0.488 e. The van der Waals surface area contributed by atoms with Crippen LogP contribution >= 0.6 is 185 Å². The van der Waals surface area contributed by atoms with Gasteiger partial charge in [-0.3, -0.25) is 15.2 Å². The van der Waals surface area contributed by atoms with Crippen LogP contribution in [0.25, 0.3) is 5.70 Å². The van der Waals surface area contributed by atoms with Crippen molar-refractivity contribution in [3.8, 4) is 5.75 Å². The van der Waals surface area contributed by atoms with Crippen LogP contribution in [0.2, 0.25) is 0 Å². The van der Waals surface area contributed by atoms with E-state index in [1.165, 1.54) is 25.1 Å². The quantitative estimate of drug-likeness (QED) is 0.0488. The van der Waals surface area contributed by atoms with Gasteiger partial charge in [0.1, 0.15) is 12.0 Å². The lowest BCUT2D eigenvalue weighted by molar-refractivity contribution is 0.112. The summed E-state index contributed by atoms with van der Waals surface area (Å²) in [5, 5.41) is 24.0. The van der Waals surface area contributed by atoms with Gasteiger partial charge >= 0.3 is 7.12 Å². The number of hydrogen-bond donors (Lipinski definition) is 5. The van der Waals surface area contributed by atoms with Crippen molar-refractivity contribution in [3.05, 3.63) is 78.0 Å². The molecule has 0 bridgehead atoms. The van der Waals surface area contributed by atoms with E-state index in [0.29, 0.717) is 33.1 Å². The lowest BCUT2D eigenvalue weighted by Crippen LogP contribution is -2.29. The number of aliphatic imine (C=N–C) groups is 1. The number of rotatable bonds is 16. The molecule has 0 heterocycles. The van der Waals surface area contributed by atoms with Crippen LogP contribution in [0.1, 0.15) is 28.8 Å². The molecule has 0 spiro atoms. The van der Waals surface area contributed by atoms with Gasteiger partial charge in [-0.25, -0.2) is 0 Å². The number of nitrogens with two attached hydrogens (primary N) is 2. The Bertz CT molecular complexity index is 1410. The second-order valence-corrected chi connectivity index (χ2v) is 91.9. The molecule has 0 saturated heterocycles. The highest BCUT2D eigenvalue weighted by atomic mass is 79.9. The van der Waals surface area contributed by atoms with E-state index in [2.05, 4.69) is 119 Å². The summed E-state index contributed by atoms with van der Waals surface area (Å²) in [5.41, 5.74) is 13.5. The molecule has 2 aromatic rings. The van der Waals surface area contributed by atoms with Crippen molar-refractivity contribution < 1.29 is 19.6 Å². The van der Waals surface area contributed by atoms with Crippen LogP contribution in [-0.2, 0) is 0 Å². The van der Waals surface area contributed by atoms with Gasteiger partial charge in [0, 0.05) is 17.5 Å². The number of halogens is 1. The molecule has 1 saturated carbocycles. The lowest BCUT2D eigenvalue weighted by atomic mass is 9.80. The van der Waals surface area contributed by atoms with Crippen LogP contribution in [0, 0.1) is 5.41 Å². The molecule has 302 valence electrons. The summed E-state index contributed by atoms with van der Waals surface area (Å²) in [6, 6.07) is 14.2. The molecule has 1 aliphatic carbocycles. The minimum absolute atomic E-state index is 0.0296. The number of aldehydes is 1. The molecule has 8 nitrogen and oxygen atoms in total. The van der Waals surface area contributed by atoms with Crippen molar-refractivity contribution in [2.45, 2.75) is 18.9 Å². The largest absolute Gasteiger partial charge is 0.497 e. The molecule has 0 amide bonds. The molecule has 0 radical (unpaired) electrons. The molecule has 0 aliphatic heterocycles. The highest BCUT2D eigenvalue weighted by molar-refractivity contribution is 9.37. The zero-order valence-corrected chi connectivity index (χ0v) is 52.5. The summed E-state index contributed by atoms with van der Waals surface area (Å²) in [6.45, 7) is 0.800. The molecule has 13 unspecified atom stereocenters. The van der Waals surface area contributed by atoms with Gasteiger partial charge in [-0.2, -0.15) is 0 Å². The van der Waals surface area contributed by atoms with E-state index in [1.54, 1.807) is 55.8 Å². The monoisotopic (exact) mass is 1190 g/mol. The minimum atomic E-state index is -1.40. The standard InChI is InChI=1S/C13H14N2O.C7H9BO3.C3H5BrN2.H23P21/c14-13(7-8-15-12-5-6-12)11-3-1-10(9-16)2-4-11;1-11-7-4-2-6(3-5-7)8(9)10;4-3(6)1-2-5;1-12-18(13(2)3)21(19(14(4)5)15(6)7)20(16(8)9)17(10)11/h1-4,7-9,12H,5-6,14H2;2-5,9-10H,1H3;1-2,6H,5H2;12H,1-11H2/b;;2-1-,6-3?;. The summed E-state index contributed by atoms with van der Waals surface area (Å²) >= 11 is 2.85. The zero-order valence-electron chi connectivity index (χ0n) is 29.1. The summed E-state index contributed by atoms with van der Waals surface area (Å²) in [7, 11) is 36.1. The Morgan fingerprint density at radius 2 is 1.37 bits per heavy atom. The number of nitrogens with one attached hydrogen (secondary N) is 1. The maximum atomic E-state index is 10.5. The first-order valence-electron chi connectivity index (χ1n) is 14.7. The van der Waals surface area contributed by atoms with Crippen LogP contribution in [0.15, 0.2) is 71.9 Å². The van der Waals surface area contributed by atoms with E-state index in [0.717, 1.165) is 19.8 Å². The number of methoxy groups -OCH3 is 1. The number of benzene rings is 2. The zero-order chi connectivity index (χ0) is 41.5. The van der Waals surface area contributed by atoms with Gasteiger partial charge in [0.15, 0.2) is 0 Å². The number of carbonyl (C=O) groups is 1. The molecule has 13 atom stereocenters. The van der Waals surface area contributed by atoms with Gasteiger partial charge in [-0.1, -0.05) is 44.4 Å². The number of hydrogen-bond acceptors (Lipinski definition) is 8. The van der Waals surface area contributed by atoms with E-state index >= 15 is 0 Å². The van der Waals surface area contributed by atoms with Crippen molar-refractivity contribution >= 4 is 220 Å². The van der Waals surface area contributed by atoms with E-state index in [-0.39, 0.29) is 62.9 Å². The molecule has 0 aromatic heterocycles. The second-order valence-electron chi connectivity index (χ2n) is 9.87. The molecule has 2 aromatic carbocycles. The average molecular weight is 1190 g/mol. The highest BCUT2D eigenvalue weighted by Crippen LogP contribution is 3.31. The number of ether oxygens (including phenoxy) is 1. The van der Waals surface area contributed by atoms with Crippen LogP contribution in [0.4, 0.5) is 0 Å². The SMILES string of the molecule is COc1ccc(B(O)O)cc1.N=C(Br)/C=C\N.NC(=CC=NC1CC1)c1ccc(C=O)cc1.PPP(P(P)P)P(P(P(P)P)P(P)P)P(P(P)P)P(P)P. The molecule has 7 N–H and O–H groups in total. The van der Waals surface area contributed by atoms with Crippen LogP contribution < -0.4 is 21.7 Å². The molecular formula is C23H51BBrN4O4P21. The van der Waals surface area contributed by atoms with E-state index in [9.17, 15) is 4.79 Å². The maximum Gasteiger partial charge on any atom is 0.488 e. The topological polar surface area (TPSA) is 155 Å². The van der Waals surface area contributed by atoms with Crippen molar-refractivity contribution in [2.24, 2.45) is 16.5 Å². The fraction of sp³-hybridized carbons (Fsp3) is 0.174. The van der Waals surface area contributed by atoms with Crippen molar-refractivity contribution in [2.75, 3.05) is 7.11 Å². The minimum Gasteiger partial charge on any atom is -0.497 e. The Labute approximate surface area is 368 Å². The average Bonchev–Trinajstić information content (AvgIpc) is 3.93.